The highest BCUT2D eigenvalue weighted by atomic mass is 35.5. The number of rotatable bonds is 2. The predicted octanol–water partition coefficient (Wildman–Crippen LogP) is -2.13. The maximum absolute atomic E-state index is 7.38. The smallest absolute Gasteiger partial charge is 0.133 e. The molecule has 1 aromatic carbocycles. The molecule has 23 heavy (non-hydrogen) atoms. The van der Waals surface area contributed by atoms with Crippen molar-refractivity contribution in [1.82, 2.24) is 0 Å². The molecule has 1 aromatic heterocycles. The largest absolute Gasteiger partial charge is 0.412 e. The number of allylic oxidation sites excluding steroid dienone is 1. The van der Waals surface area contributed by atoms with E-state index in [1.807, 2.05) is 19.1 Å². The molecular weight excluding hydrogens is 352 g/mol. The Balaban J connectivity index is -0.0000000640. The van der Waals surface area contributed by atoms with Gasteiger partial charge in [0.15, 0.2) is 0 Å². The number of nitrogen functional groups attached to an aromatic ring is 1. The van der Waals surface area contributed by atoms with Crippen molar-refractivity contribution in [3.63, 3.8) is 0 Å². The van der Waals surface area contributed by atoms with E-state index >= 15 is 0 Å². The zero-order chi connectivity index (χ0) is 10.8. The molecule has 0 saturated carbocycles. The van der Waals surface area contributed by atoms with Gasteiger partial charge in [0.1, 0.15) is 5.84 Å². The number of thiophene rings is 1. The quantitative estimate of drug-likeness (QED) is 0.429. The van der Waals surface area contributed by atoms with E-state index in [1.54, 1.807) is 11.3 Å². The van der Waals surface area contributed by atoms with Gasteiger partial charge in [-0.3, -0.25) is 5.41 Å². The topological polar surface area (TPSA) is 270 Å². The van der Waals surface area contributed by atoms with Crippen molar-refractivity contribution in [1.29, 1.82) is 5.41 Å². The molecule has 0 amide bonds. The van der Waals surface area contributed by atoms with Crippen molar-refractivity contribution in [3.05, 3.63) is 40.8 Å². The number of nitrogens with two attached hydrogens (primary N) is 1. The second-order valence-corrected chi connectivity index (χ2v) is 4.41. The van der Waals surface area contributed by atoms with Crippen LogP contribution in [0.5, 0.6) is 0 Å². The van der Waals surface area contributed by atoms with Crippen LogP contribution in [0.15, 0.2) is 30.3 Å². The van der Waals surface area contributed by atoms with Crippen LogP contribution >= 0.6 is 23.7 Å². The molecule has 1 heterocycles. The van der Waals surface area contributed by atoms with Crippen LogP contribution < -0.4 is 5.73 Å². The van der Waals surface area contributed by atoms with E-state index in [2.05, 4.69) is 24.3 Å². The van der Waals surface area contributed by atoms with E-state index in [4.69, 9.17) is 11.1 Å². The van der Waals surface area contributed by atoms with Crippen molar-refractivity contribution < 1.29 is 38.3 Å². The fourth-order valence-electron chi connectivity index (χ4n) is 1.49. The number of nitrogens with one attached hydrogen (secondary N) is 1. The first-order chi connectivity index (χ1) is 7.20. The Morgan fingerprint density at radius 3 is 1.96 bits per heavy atom. The minimum atomic E-state index is 0. The highest BCUT2D eigenvalue weighted by Gasteiger charge is 2.03. The lowest BCUT2D eigenvalue weighted by atomic mass is 10.1. The summed E-state index contributed by atoms with van der Waals surface area (Å²) in [7, 11) is 0. The first-order valence-electron chi connectivity index (χ1n) is 4.71. The van der Waals surface area contributed by atoms with Gasteiger partial charge in [-0.1, -0.05) is 18.2 Å². The van der Waals surface area contributed by atoms with Crippen LogP contribution in [0, 0.1) is 5.41 Å². The number of amidine groups is 1. The van der Waals surface area contributed by atoms with Crippen LogP contribution in [0.2, 0.25) is 0 Å². The Morgan fingerprint density at radius 1 is 1.00 bits per heavy atom. The van der Waals surface area contributed by atoms with Gasteiger partial charge in [-0.2, -0.15) is 0 Å². The summed E-state index contributed by atoms with van der Waals surface area (Å²) in [6.45, 7) is 2.00. The van der Waals surface area contributed by atoms with Crippen molar-refractivity contribution >= 4 is 45.7 Å². The number of fused-ring (bicyclic) bond motifs is 1. The first kappa shape index (κ1) is 42.9. The summed E-state index contributed by atoms with van der Waals surface area (Å²) < 4.78 is 1.17. The van der Waals surface area contributed by atoms with Crippen LogP contribution in [0.4, 0.5) is 0 Å². The van der Waals surface area contributed by atoms with E-state index < -0.39 is 0 Å². The molecule has 0 aliphatic heterocycles. The second kappa shape index (κ2) is 18.4. The summed E-state index contributed by atoms with van der Waals surface area (Å²) in [6.07, 6.45) is 4.07. The van der Waals surface area contributed by atoms with Crippen molar-refractivity contribution in [2.75, 3.05) is 0 Å². The first-order valence-corrected chi connectivity index (χ1v) is 5.53. The summed E-state index contributed by atoms with van der Waals surface area (Å²) in [5.74, 6) is 0.142. The Bertz CT molecular complexity index is 563. The Morgan fingerprint density at radius 2 is 1.52 bits per heavy atom. The molecule has 17 N–H and O–H groups in total. The maximum atomic E-state index is 7.38. The summed E-state index contributed by atoms with van der Waals surface area (Å²) >= 11 is 1.56. The molecule has 0 bridgehead atoms. The molecule has 2 rings (SSSR count). The van der Waals surface area contributed by atoms with E-state index in [1.165, 1.54) is 10.3 Å². The lowest BCUT2D eigenvalue weighted by Gasteiger charge is -1.92. The highest BCUT2D eigenvalue weighted by molar-refractivity contribution is 7.20. The highest BCUT2D eigenvalue weighted by Crippen LogP contribution is 2.26. The van der Waals surface area contributed by atoms with E-state index in [0.29, 0.717) is 0 Å². The van der Waals surface area contributed by atoms with Crippen molar-refractivity contribution in [2.24, 2.45) is 5.73 Å². The summed E-state index contributed by atoms with van der Waals surface area (Å²) in [5, 5.41) is 8.53. The van der Waals surface area contributed by atoms with Gasteiger partial charge in [-0.05, 0) is 36.1 Å². The standard InChI is InChI=1S/C12H12N2S.ClH.7H2O/c1-2-3-8-4-5-10-9(6-8)7-11(15-10)12(13)14;;;;;;;;/h2-7H,1H3,(H3,13,14);1H;7*1H2/b3-2+;;;;;;;;. The molecule has 0 spiro atoms. The monoisotopic (exact) mass is 378 g/mol. The molecule has 0 saturated heterocycles. The molecule has 0 radical (unpaired) electrons. The molecule has 140 valence electrons. The number of benzene rings is 1. The van der Waals surface area contributed by atoms with Crippen molar-refractivity contribution in [3.8, 4) is 0 Å². The molecule has 0 atom stereocenters. The molecule has 0 aliphatic carbocycles. The van der Waals surface area contributed by atoms with Crippen LogP contribution in [0.25, 0.3) is 16.2 Å². The maximum Gasteiger partial charge on any atom is 0.133 e. The van der Waals surface area contributed by atoms with E-state index in [-0.39, 0.29) is 56.6 Å². The summed E-state index contributed by atoms with van der Waals surface area (Å²) in [5.41, 5.74) is 6.63. The van der Waals surface area contributed by atoms with Gasteiger partial charge in [0.25, 0.3) is 0 Å². The lowest BCUT2D eigenvalue weighted by Crippen LogP contribution is -2.08. The molecule has 0 aliphatic rings. The third kappa shape index (κ3) is 9.91. The van der Waals surface area contributed by atoms with Gasteiger partial charge in [-0.15, -0.1) is 23.7 Å². The molecule has 0 fully saturated rings. The van der Waals surface area contributed by atoms with Crippen LogP contribution in [-0.4, -0.2) is 44.2 Å². The molecular formula is C12H27ClN2O7S. The van der Waals surface area contributed by atoms with Gasteiger partial charge in [-0.25, -0.2) is 0 Å². The second-order valence-electron chi connectivity index (χ2n) is 3.32. The average molecular weight is 379 g/mol. The van der Waals surface area contributed by atoms with Gasteiger partial charge in [0, 0.05) is 4.70 Å². The normalized spacial score (nSPS) is 7.35. The minimum Gasteiger partial charge on any atom is -0.412 e. The van der Waals surface area contributed by atoms with Gasteiger partial charge in [0.2, 0.25) is 0 Å². The van der Waals surface area contributed by atoms with E-state index in [9.17, 15) is 0 Å². The number of halogens is 1. The Labute approximate surface area is 143 Å². The lowest BCUT2D eigenvalue weighted by molar-refractivity contribution is 0.823. The minimum absolute atomic E-state index is 0. The van der Waals surface area contributed by atoms with Gasteiger partial charge in [0.05, 0.1) is 4.88 Å². The SMILES string of the molecule is C/C=C/c1ccc2sc(C(=N)N)cc2c1.Cl.O.O.O.O.O.O.O. The van der Waals surface area contributed by atoms with Gasteiger partial charge < -0.3 is 44.1 Å². The van der Waals surface area contributed by atoms with Crippen LogP contribution in [0.1, 0.15) is 17.4 Å². The van der Waals surface area contributed by atoms with Crippen LogP contribution in [0.3, 0.4) is 0 Å². The molecule has 9 nitrogen and oxygen atoms in total. The van der Waals surface area contributed by atoms with E-state index in [0.717, 1.165) is 10.3 Å². The zero-order valence-electron chi connectivity index (χ0n) is 12.4. The fourth-order valence-corrected chi connectivity index (χ4v) is 2.40. The van der Waals surface area contributed by atoms with Crippen LogP contribution in [-0.2, 0) is 0 Å². The molecule has 11 heteroatoms. The predicted molar refractivity (Wildman–Crippen MR) is 100 cm³/mol. The fraction of sp³-hybridized carbons (Fsp3) is 0.0833. The molecule has 2 aromatic rings. The number of hydrogen-bond acceptors (Lipinski definition) is 2. The summed E-state index contributed by atoms with van der Waals surface area (Å²) in [6, 6.07) is 8.22. The zero-order valence-corrected chi connectivity index (χ0v) is 14.0. The summed E-state index contributed by atoms with van der Waals surface area (Å²) in [4.78, 5) is 0.836. The Kier molecular flexibility index (Phi) is 34.5. The molecule has 0 unspecified atom stereocenters. The van der Waals surface area contributed by atoms with Gasteiger partial charge >= 0.3 is 0 Å². The average Bonchev–Trinajstić information content (AvgIpc) is 2.61. The Hall–Kier alpha value is -1.60. The van der Waals surface area contributed by atoms with Crippen molar-refractivity contribution in [2.45, 2.75) is 6.92 Å². The third-order valence-electron chi connectivity index (χ3n) is 2.16. The third-order valence-corrected chi connectivity index (χ3v) is 3.31. The number of hydrogen-bond donors (Lipinski definition) is 2.